The van der Waals surface area contributed by atoms with E-state index in [4.69, 9.17) is 5.26 Å². The predicted octanol–water partition coefficient (Wildman–Crippen LogP) is 3.74. The molecule has 0 aliphatic carbocycles. The van der Waals surface area contributed by atoms with Crippen molar-refractivity contribution < 1.29 is 4.92 Å². The molecule has 0 amide bonds. The zero-order chi connectivity index (χ0) is 13.0. The average molecular weight is 257 g/mol. The molecule has 0 aliphatic rings. The Morgan fingerprint density at radius 2 is 2.06 bits per heavy atom. The number of thiophene rings is 1. The minimum atomic E-state index is -0.478. The molecule has 0 saturated carbocycles. The number of hydrogen-bond acceptors (Lipinski definition) is 6. The number of nitro groups is 1. The van der Waals surface area contributed by atoms with E-state index in [1.165, 1.54) is 35.6 Å². The highest BCUT2D eigenvalue weighted by Gasteiger charge is 2.03. The minimum Gasteiger partial charge on any atom is -0.258 e. The van der Waals surface area contributed by atoms with Gasteiger partial charge in [0, 0.05) is 12.1 Å². The molecule has 2 aromatic rings. The summed E-state index contributed by atoms with van der Waals surface area (Å²) in [5, 5.41) is 30.2. The molecule has 2 rings (SSSR count). The molecule has 0 atom stereocenters. The molecule has 6 nitrogen and oxygen atoms in total. The molecule has 7 heteroatoms. The first-order valence-corrected chi connectivity index (χ1v) is 5.58. The van der Waals surface area contributed by atoms with Crippen LogP contribution in [-0.4, -0.2) is 4.92 Å². The zero-order valence-electron chi connectivity index (χ0n) is 8.90. The molecule has 0 unspecified atom stereocenters. The molecule has 87 valence electrons. The van der Waals surface area contributed by atoms with Gasteiger partial charge in [0.15, 0.2) is 0 Å². The van der Waals surface area contributed by atoms with E-state index in [2.05, 4.69) is 15.6 Å². The number of azo groups is 1. The molecule has 0 fully saturated rings. The molecule has 0 spiro atoms. The second-order valence-electron chi connectivity index (χ2n) is 3.19. The summed E-state index contributed by atoms with van der Waals surface area (Å²) >= 11 is 1.19. The summed E-state index contributed by atoms with van der Waals surface area (Å²) in [6, 6.07) is 9.23. The Labute approximate surface area is 106 Å². The second-order valence-corrected chi connectivity index (χ2v) is 4.01. The third-order valence-electron chi connectivity index (χ3n) is 1.98. The monoisotopic (exact) mass is 257 g/mol. The Hall–Kier alpha value is -2.59. The number of nitriles is 1. The first-order chi connectivity index (χ1) is 8.69. The fourth-order valence-electron chi connectivity index (χ4n) is 1.14. The number of hydrogen-bond donors (Lipinski definition) is 0. The van der Waals surface area contributed by atoms with Gasteiger partial charge in [-0.3, -0.25) is 10.1 Å². The Morgan fingerprint density at radius 3 is 2.61 bits per heavy atom. The van der Waals surface area contributed by atoms with Gasteiger partial charge in [-0.25, -0.2) is 0 Å². The van der Waals surface area contributed by atoms with Crippen molar-refractivity contribution in [2.75, 3.05) is 0 Å². The third kappa shape index (κ3) is 2.75. The lowest BCUT2D eigenvalue weighted by atomic mass is 10.3. The van der Waals surface area contributed by atoms with Crippen LogP contribution in [0.15, 0.2) is 40.6 Å². The lowest BCUT2D eigenvalue weighted by molar-refractivity contribution is -0.384. The maximum atomic E-state index is 10.4. The summed E-state index contributed by atoms with van der Waals surface area (Å²) in [6.45, 7) is 0. The molecule has 1 heterocycles. The highest BCUT2D eigenvalue weighted by Crippen LogP contribution is 2.25. The van der Waals surface area contributed by atoms with Crippen molar-refractivity contribution in [3.63, 3.8) is 0 Å². The van der Waals surface area contributed by atoms with Crippen LogP contribution in [0.25, 0.3) is 0 Å². The van der Waals surface area contributed by atoms with Crippen molar-refractivity contribution in [2.45, 2.75) is 0 Å². The summed E-state index contributed by atoms with van der Waals surface area (Å²) in [4.78, 5) is 9.97. The largest absolute Gasteiger partial charge is 0.269 e. The fraction of sp³-hybridized carbons (Fsp3) is 0. The van der Waals surface area contributed by atoms with Crippen molar-refractivity contribution in [3.8, 4) is 6.07 Å². The van der Waals surface area contributed by atoms with E-state index in [0.29, 0.717) is 16.3 Å². The Bertz CT molecular complexity index is 640. The molecule has 0 aliphatic heterocycles. The zero-order valence-corrected chi connectivity index (χ0v) is 9.72. The molecule has 0 N–H and O–H groups in total. The number of nitrogens with zero attached hydrogens (tertiary/aromatic N) is 4. The first kappa shape index (κ1) is 11.9. The SMILES string of the molecule is N#Cc1[c]sc(N=Nc2ccc([N+](=O)[O-])cc2)c1. The molecular weight excluding hydrogens is 252 g/mol. The van der Waals surface area contributed by atoms with Gasteiger partial charge in [0.05, 0.1) is 21.6 Å². The van der Waals surface area contributed by atoms with Gasteiger partial charge in [-0.05, 0) is 18.2 Å². The minimum absolute atomic E-state index is 0.00479. The van der Waals surface area contributed by atoms with Gasteiger partial charge < -0.3 is 0 Å². The van der Waals surface area contributed by atoms with E-state index in [0.717, 1.165) is 0 Å². The van der Waals surface area contributed by atoms with Gasteiger partial charge >= 0.3 is 0 Å². The second kappa shape index (κ2) is 5.16. The van der Waals surface area contributed by atoms with Crippen LogP contribution in [0.2, 0.25) is 0 Å². The van der Waals surface area contributed by atoms with E-state index in [1.54, 1.807) is 6.07 Å². The van der Waals surface area contributed by atoms with Crippen LogP contribution in [0.3, 0.4) is 0 Å². The van der Waals surface area contributed by atoms with Gasteiger partial charge in [-0.1, -0.05) is 0 Å². The fourth-order valence-corrected chi connectivity index (χ4v) is 1.72. The molecule has 1 aromatic carbocycles. The number of rotatable bonds is 3. The molecule has 1 radical (unpaired) electrons. The third-order valence-corrected chi connectivity index (χ3v) is 2.71. The molecule has 18 heavy (non-hydrogen) atoms. The van der Waals surface area contributed by atoms with Crippen molar-refractivity contribution in [1.29, 1.82) is 5.26 Å². The topological polar surface area (TPSA) is 91.7 Å². The highest BCUT2D eigenvalue weighted by atomic mass is 32.1. The lowest BCUT2D eigenvalue weighted by Crippen LogP contribution is -1.85. The van der Waals surface area contributed by atoms with Gasteiger partial charge in [-0.15, -0.1) is 21.6 Å². The predicted molar refractivity (Wildman–Crippen MR) is 65.1 cm³/mol. The van der Waals surface area contributed by atoms with Crippen LogP contribution in [0.1, 0.15) is 5.56 Å². The Kier molecular flexibility index (Phi) is 3.41. The normalized spacial score (nSPS) is 10.4. The summed E-state index contributed by atoms with van der Waals surface area (Å²) in [5.41, 5.74) is 0.926. The summed E-state index contributed by atoms with van der Waals surface area (Å²) in [6.07, 6.45) is 0. The van der Waals surface area contributed by atoms with Crippen molar-refractivity contribution in [2.24, 2.45) is 10.2 Å². The van der Waals surface area contributed by atoms with Crippen LogP contribution >= 0.6 is 11.3 Å². The van der Waals surface area contributed by atoms with Gasteiger partial charge in [0.1, 0.15) is 11.1 Å². The summed E-state index contributed by atoms with van der Waals surface area (Å²) in [5.74, 6) is 0. The van der Waals surface area contributed by atoms with Crippen LogP contribution in [0.4, 0.5) is 16.4 Å². The standard InChI is InChI=1S/C11H5N4O2S/c12-6-8-5-11(18-7-8)14-13-9-1-3-10(4-2-9)15(16)17/h1-5H. The quantitative estimate of drug-likeness (QED) is 0.476. The van der Waals surface area contributed by atoms with E-state index in [1.807, 2.05) is 6.07 Å². The molecule has 1 aromatic heterocycles. The van der Waals surface area contributed by atoms with Crippen LogP contribution in [0.5, 0.6) is 0 Å². The molecule has 0 bridgehead atoms. The van der Waals surface area contributed by atoms with E-state index in [-0.39, 0.29) is 5.69 Å². The number of benzene rings is 1. The highest BCUT2D eigenvalue weighted by molar-refractivity contribution is 7.13. The van der Waals surface area contributed by atoms with E-state index in [9.17, 15) is 10.1 Å². The summed E-state index contributed by atoms with van der Waals surface area (Å²) < 4.78 is 0. The van der Waals surface area contributed by atoms with Gasteiger partial charge in [0.2, 0.25) is 0 Å². The van der Waals surface area contributed by atoms with Gasteiger partial charge in [0.25, 0.3) is 5.69 Å². The maximum Gasteiger partial charge on any atom is 0.269 e. The first-order valence-electron chi connectivity index (χ1n) is 4.77. The van der Waals surface area contributed by atoms with Crippen molar-refractivity contribution in [3.05, 3.63) is 51.4 Å². The number of nitro benzene ring substituents is 1. The smallest absolute Gasteiger partial charge is 0.258 e. The van der Waals surface area contributed by atoms with Gasteiger partial charge in [-0.2, -0.15) is 5.26 Å². The lowest BCUT2D eigenvalue weighted by Gasteiger charge is -1.91. The van der Waals surface area contributed by atoms with Crippen LogP contribution in [0, 0.1) is 26.8 Å². The molecule has 0 saturated heterocycles. The Balaban J connectivity index is 2.14. The van der Waals surface area contributed by atoms with E-state index < -0.39 is 4.92 Å². The van der Waals surface area contributed by atoms with E-state index >= 15 is 0 Å². The Morgan fingerprint density at radius 1 is 1.33 bits per heavy atom. The number of non-ortho nitro benzene ring substituents is 1. The average Bonchev–Trinajstić information content (AvgIpc) is 2.85. The van der Waals surface area contributed by atoms with Crippen molar-refractivity contribution >= 4 is 27.7 Å². The maximum absolute atomic E-state index is 10.4. The van der Waals surface area contributed by atoms with Crippen LogP contribution < -0.4 is 0 Å². The molecular formula is C11H5N4O2S. The van der Waals surface area contributed by atoms with Crippen molar-refractivity contribution in [1.82, 2.24) is 0 Å². The van der Waals surface area contributed by atoms with Crippen LogP contribution in [-0.2, 0) is 0 Å². The summed E-state index contributed by atoms with van der Waals surface area (Å²) in [7, 11) is 0.